The van der Waals surface area contributed by atoms with Crippen molar-refractivity contribution in [1.82, 2.24) is 0 Å². The average Bonchev–Trinajstić information content (AvgIpc) is 2.77. The molecule has 1 unspecified atom stereocenters. The molecule has 0 aliphatic carbocycles. The molecule has 1 saturated heterocycles. The molecule has 9 heteroatoms. The topological polar surface area (TPSA) is 95.7 Å². The fourth-order valence-electron chi connectivity index (χ4n) is 2.15. The van der Waals surface area contributed by atoms with Crippen molar-refractivity contribution >= 4 is 27.1 Å². The van der Waals surface area contributed by atoms with Crippen molar-refractivity contribution in [2.24, 2.45) is 0 Å². The summed E-state index contributed by atoms with van der Waals surface area (Å²) in [5.41, 5.74) is 0.131. The molecule has 0 aromatic heterocycles. The molecule has 1 aromatic rings. The lowest BCUT2D eigenvalue weighted by Crippen LogP contribution is -2.18. The fraction of sp³-hybridized carbons (Fsp3) is 0.500. The number of halogens is 1. The Hall–Kier alpha value is -1.54. The lowest BCUT2D eigenvalue weighted by molar-refractivity contribution is -0.385. The third-order valence-electron chi connectivity index (χ3n) is 3.19. The second-order valence-electron chi connectivity index (χ2n) is 4.67. The van der Waals surface area contributed by atoms with E-state index in [2.05, 4.69) is 0 Å². The number of hydrogen-bond donors (Lipinski definition) is 0. The van der Waals surface area contributed by atoms with E-state index in [9.17, 15) is 18.5 Å². The molecule has 0 N–H and O–H groups in total. The maximum atomic E-state index is 11.4. The van der Waals surface area contributed by atoms with E-state index in [1.54, 1.807) is 0 Å². The number of hydrogen-bond acceptors (Lipinski definition) is 6. The minimum atomic E-state index is -3.10. The van der Waals surface area contributed by atoms with Crippen LogP contribution in [0.15, 0.2) is 12.1 Å². The summed E-state index contributed by atoms with van der Waals surface area (Å²) < 4.78 is 33.5. The summed E-state index contributed by atoms with van der Waals surface area (Å²) in [6.45, 7) is 0. The van der Waals surface area contributed by atoms with Crippen LogP contribution in [0.2, 0.25) is 0 Å². The summed E-state index contributed by atoms with van der Waals surface area (Å²) >= 11 is 5.69. The van der Waals surface area contributed by atoms with Crippen LogP contribution in [0.1, 0.15) is 12.0 Å². The van der Waals surface area contributed by atoms with E-state index in [4.69, 9.17) is 21.1 Å². The van der Waals surface area contributed by atoms with Crippen LogP contribution in [0.4, 0.5) is 5.69 Å². The first-order valence-corrected chi connectivity index (χ1v) is 8.50. The lowest BCUT2D eigenvalue weighted by Gasteiger charge is -2.15. The van der Waals surface area contributed by atoms with Crippen molar-refractivity contribution in [3.8, 4) is 11.5 Å². The van der Waals surface area contributed by atoms with Crippen LogP contribution in [-0.2, 0) is 15.7 Å². The Labute approximate surface area is 126 Å². The molecule has 7 nitrogen and oxygen atoms in total. The van der Waals surface area contributed by atoms with Crippen LogP contribution >= 0.6 is 11.6 Å². The van der Waals surface area contributed by atoms with Gasteiger partial charge >= 0.3 is 0 Å². The Morgan fingerprint density at radius 1 is 1.43 bits per heavy atom. The standard InChI is InChI=1S/C12H14ClNO6S/c1-19-11-4-8(6-13)10(14(15)16)5-12(11)20-9-2-3-21(17,18)7-9/h4-5,9H,2-3,6-7H2,1H3. The summed E-state index contributed by atoms with van der Waals surface area (Å²) in [5, 5.41) is 11.0. The molecule has 1 atom stereocenters. The predicted octanol–water partition coefficient (Wildman–Crippen LogP) is 1.91. The SMILES string of the molecule is COc1cc(CCl)c([N+](=O)[O-])cc1OC1CCS(=O)(=O)C1. The number of nitro benzene ring substituents is 1. The van der Waals surface area contributed by atoms with E-state index in [0.29, 0.717) is 17.7 Å². The average molecular weight is 336 g/mol. The third-order valence-corrected chi connectivity index (χ3v) is 5.22. The number of rotatable bonds is 5. The van der Waals surface area contributed by atoms with Gasteiger partial charge in [-0.05, 0) is 12.5 Å². The molecule has 0 bridgehead atoms. The molecular formula is C12H14ClNO6S. The van der Waals surface area contributed by atoms with E-state index in [1.165, 1.54) is 19.2 Å². The predicted molar refractivity (Wildman–Crippen MR) is 76.9 cm³/mol. The normalized spacial score (nSPS) is 20.2. The maximum absolute atomic E-state index is 11.4. The molecule has 0 radical (unpaired) electrons. The molecule has 116 valence electrons. The number of benzene rings is 1. The number of nitrogens with zero attached hydrogens (tertiary/aromatic N) is 1. The molecule has 0 amide bonds. The first kappa shape index (κ1) is 15.8. The molecular weight excluding hydrogens is 322 g/mol. The van der Waals surface area contributed by atoms with Crippen LogP contribution in [0.3, 0.4) is 0 Å². The van der Waals surface area contributed by atoms with Gasteiger partial charge in [-0.3, -0.25) is 10.1 Å². The summed E-state index contributed by atoms with van der Waals surface area (Å²) in [7, 11) is -1.69. The van der Waals surface area contributed by atoms with E-state index < -0.39 is 20.9 Å². The van der Waals surface area contributed by atoms with Gasteiger partial charge in [-0.25, -0.2) is 8.42 Å². The smallest absolute Gasteiger partial charge is 0.277 e. The zero-order chi connectivity index (χ0) is 15.6. The van der Waals surface area contributed by atoms with Gasteiger partial charge in [-0.1, -0.05) is 0 Å². The second kappa shape index (κ2) is 6.07. The van der Waals surface area contributed by atoms with Gasteiger partial charge in [0.25, 0.3) is 5.69 Å². The van der Waals surface area contributed by atoms with Crippen LogP contribution in [-0.4, -0.2) is 38.1 Å². The molecule has 1 aromatic carbocycles. The van der Waals surface area contributed by atoms with Crippen LogP contribution in [0, 0.1) is 10.1 Å². The van der Waals surface area contributed by atoms with Gasteiger partial charge in [0, 0.05) is 5.56 Å². The van der Waals surface area contributed by atoms with Crippen LogP contribution < -0.4 is 9.47 Å². The minimum Gasteiger partial charge on any atom is -0.493 e. The Balaban J connectivity index is 2.34. The van der Waals surface area contributed by atoms with Gasteiger partial charge in [0.1, 0.15) is 6.10 Å². The Morgan fingerprint density at radius 3 is 2.62 bits per heavy atom. The number of methoxy groups -OCH3 is 1. The quantitative estimate of drug-likeness (QED) is 0.463. The molecule has 1 fully saturated rings. The molecule has 1 heterocycles. The lowest BCUT2D eigenvalue weighted by atomic mass is 10.1. The van der Waals surface area contributed by atoms with Crippen LogP contribution in [0.5, 0.6) is 11.5 Å². The minimum absolute atomic E-state index is 0.0369. The number of alkyl halides is 1. The summed E-state index contributed by atoms with van der Waals surface area (Å²) in [5.74, 6) is 0.370. The highest BCUT2D eigenvalue weighted by molar-refractivity contribution is 7.91. The number of ether oxygens (including phenoxy) is 2. The van der Waals surface area contributed by atoms with Crippen molar-refractivity contribution in [1.29, 1.82) is 0 Å². The summed E-state index contributed by atoms with van der Waals surface area (Å²) in [6, 6.07) is 2.66. The van der Waals surface area contributed by atoms with Crippen molar-refractivity contribution in [3.05, 3.63) is 27.8 Å². The summed E-state index contributed by atoms with van der Waals surface area (Å²) in [6.07, 6.45) is -0.165. The van der Waals surface area contributed by atoms with Gasteiger partial charge in [-0.2, -0.15) is 0 Å². The van der Waals surface area contributed by atoms with Gasteiger partial charge < -0.3 is 9.47 Å². The Morgan fingerprint density at radius 2 is 2.14 bits per heavy atom. The van der Waals surface area contributed by atoms with E-state index >= 15 is 0 Å². The highest BCUT2D eigenvalue weighted by atomic mass is 35.5. The fourth-order valence-corrected chi connectivity index (χ4v) is 3.96. The molecule has 1 aliphatic rings. The van der Waals surface area contributed by atoms with E-state index in [0.717, 1.165) is 0 Å². The zero-order valence-electron chi connectivity index (χ0n) is 11.2. The van der Waals surface area contributed by atoms with Crippen molar-refractivity contribution in [2.45, 2.75) is 18.4 Å². The van der Waals surface area contributed by atoms with Gasteiger partial charge in [-0.15, -0.1) is 11.6 Å². The molecule has 0 spiro atoms. The molecule has 21 heavy (non-hydrogen) atoms. The monoisotopic (exact) mass is 335 g/mol. The van der Waals surface area contributed by atoms with E-state index in [1.807, 2.05) is 0 Å². The maximum Gasteiger partial charge on any atom is 0.277 e. The molecule has 0 saturated carbocycles. The Kier molecular flexibility index (Phi) is 4.58. The molecule has 1 aliphatic heterocycles. The van der Waals surface area contributed by atoms with Gasteiger partial charge in [0.05, 0.1) is 35.5 Å². The van der Waals surface area contributed by atoms with Crippen LogP contribution in [0.25, 0.3) is 0 Å². The second-order valence-corrected chi connectivity index (χ2v) is 7.16. The highest BCUT2D eigenvalue weighted by Gasteiger charge is 2.31. The largest absolute Gasteiger partial charge is 0.493 e. The first-order chi connectivity index (χ1) is 9.86. The van der Waals surface area contributed by atoms with E-state index in [-0.39, 0.29) is 28.8 Å². The summed E-state index contributed by atoms with van der Waals surface area (Å²) in [4.78, 5) is 10.5. The zero-order valence-corrected chi connectivity index (χ0v) is 12.8. The van der Waals surface area contributed by atoms with Crippen molar-refractivity contribution < 1.29 is 22.8 Å². The highest BCUT2D eigenvalue weighted by Crippen LogP contribution is 2.36. The van der Waals surface area contributed by atoms with Gasteiger partial charge in [0.15, 0.2) is 21.3 Å². The van der Waals surface area contributed by atoms with Crippen molar-refractivity contribution in [2.75, 3.05) is 18.6 Å². The van der Waals surface area contributed by atoms with Crippen molar-refractivity contribution in [3.63, 3.8) is 0 Å². The third kappa shape index (κ3) is 3.56. The molecule has 2 rings (SSSR count). The number of sulfone groups is 1. The van der Waals surface area contributed by atoms with Gasteiger partial charge in [0.2, 0.25) is 0 Å². The Bertz CT molecular complexity index is 660. The first-order valence-electron chi connectivity index (χ1n) is 6.14. The number of nitro groups is 1.